The molecule has 2 amide bonds. The molecule has 0 bridgehead atoms. The average molecular weight is 308 g/mol. The Hall–Kier alpha value is -2.08. The molecule has 21 heavy (non-hydrogen) atoms. The Morgan fingerprint density at radius 3 is 2.71 bits per heavy atom. The zero-order valence-corrected chi connectivity index (χ0v) is 13.2. The summed E-state index contributed by atoms with van der Waals surface area (Å²) in [4.78, 5) is 16.2. The van der Waals surface area contributed by atoms with Crippen molar-refractivity contribution in [2.45, 2.75) is 26.8 Å². The van der Waals surface area contributed by atoms with Gasteiger partial charge >= 0.3 is 6.03 Å². The van der Waals surface area contributed by atoms with E-state index in [-0.39, 0.29) is 17.2 Å². The number of carbonyl (C=O) groups is 1. The van der Waals surface area contributed by atoms with Crippen molar-refractivity contribution in [3.8, 4) is 0 Å². The SMILES string of the molecule is Cc1cc(C)c(NC(=O)NC(C)c2cnn(C)c2)c(Cl)n1. The topological polar surface area (TPSA) is 71.8 Å². The van der Waals surface area contributed by atoms with Crippen molar-refractivity contribution in [3.63, 3.8) is 0 Å². The molecule has 0 aliphatic carbocycles. The fourth-order valence-corrected chi connectivity index (χ4v) is 2.36. The van der Waals surface area contributed by atoms with E-state index in [1.807, 2.05) is 40.1 Å². The van der Waals surface area contributed by atoms with Crippen molar-refractivity contribution in [1.82, 2.24) is 20.1 Å². The molecule has 6 nitrogen and oxygen atoms in total. The summed E-state index contributed by atoms with van der Waals surface area (Å²) in [6.07, 6.45) is 3.58. The van der Waals surface area contributed by atoms with Crippen molar-refractivity contribution in [2.75, 3.05) is 5.32 Å². The van der Waals surface area contributed by atoms with Crippen LogP contribution in [0.3, 0.4) is 0 Å². The van der Waals surface area contributed by atoms with E-state index >= 15 is 0 Å². The predicted molar refractivity (Wildman–Crippen MR) is 82.5 cm³/mol. The highest BCUT2D eigenvalue weighted by molar-refractivity contribution is 6.32. The number of rotatable bonds is 3. The van der Waals surface area contributed by atoms with Crippen molar-refractivity contribution in [2.24, 2.45) is 7.05 Å². The molecule has 0 saturated carbocycles. The summed E-state index contributed by atoms with van der Waals surface area (Å²) in [6, 6.07) is 1.38. The molecular weight excluding hydrogens is 290 g/mol. The van der Waals surface area contributed by atoms with E-state index in [1.165, 1.54) is 0 Å². The van der Waals surface area contributed by atoms with Gasteiger partial charge in [-0.15, -0.1) is 0 Å². The van der Waals surface area contributed by atoms with E-state index in [4.69, 9.17) is 11.6 Å². The summed E-state index contributed by atoms with van der Waals surface area (Å²) in [5.41, 5.74) is 3.14. The number of anilines is 1. The van der Waals surface area contributed by atoms with E-state index in [0.29, 0.717) is 5.69 Å². The van der Waals surface area contributed by atoms with Crippen LogP contribution in [0.1, 0.15) is 29.8 Å². The van der Waals surface area contributed by atoms with Crippen LogP contribution >= 0.6 is 11.6 Å². The second-order valence-electron chi connectivity index (χ2n) is 5.01. The molecule has 2 aromatic heterocycles. The number of aryl methyl sites for hydroxylation is 3. The highest BCUT2D eigenvalue weighted by atomic mass is 35.5. The molecule has 0 aliphatic rings. The zero-order chi connectivity index (χ0) is 15.6. The predicted octanol–water partition coefficient (Wildman–Crippen LogP) is 2.97. The second-order valence-corrected chi connectivity index (χ2v) is 5.37. The smallest absolute Gasteiger partial charge is 0.319 e. The Labute approximate surface area is 128 Å². The first-order valence-corrected chi connectivity index (χ1v) is 6.94. The first kappa shape index (κ1) is 15.3. The fourth-order valence-electron chi connectivity index (χ4n) is 2.03. The highest BCUT2D eigenvalue weighted by Gasteiger charge is 2.14. The molecule has 112 valence electrons. The maximum Gasteiger partial charge on any atom is 0.319 e. The third-order valence-corrected chi connectivity index (χ3v) is 3.39. The lowest BCUT2D eigenvalue weighted by molar-refractivity contribution is 0.249. The molecule has 0 spiro atoms. The van der Waals surface area contributed by atoms with Gasteiger partial charge in [-0.25, -0.2) is 9.78 Å². The summed E-state index contributed by atoms with van der Waals surface area (Å²) < 4.78 is 1.69. The quantitative estimate of drug-likeness (QED) is 0.856. The number of halogens is 1. The van der Waals surface area contributed by atoms with E-state index in [2.05, 4.69) is 20.7 Å². The van der Waals surface area contributed by atoms with Gasteiger partial charge in [-0.3, -0.25) is 4.68 Å². The van der Waals surface area contributed by atoms with E-state index in [0.717, 1.165) is 16.8 Å². The third kappa shape index (κ3) is 3.72. The van der Waals surface area contributed by atoms with Gasteiger partial charge in [-0.05, 0) is 32.4 Å². The molecule has 2 heterocycles. The summed E-state index contributed by atoms with van der Waals surface area (Å²) >= 11 is 6.07. The van der Waals surface area contributed by atoms with Gasteiger partial charge in [0.15, 0.2) is 5.15 Å². The molecule has 0 saturated heterocycles. The van der Waals surface area contributed by atoms with Crippen LogP contribution in [0.25, 0.3) is 0 Å². The van der Waals surface area contributed by atoms with Crippen LogP contribution in [-0.4, -0.2) is 20.8 Å². The van der Waals surface area contributed by atoms with Gasteiger partial charge in [0.25, 0.3) is 0 Å². The Kier molecular flexibility index (Phi) is 4.47. The monoisotopic (exact) mass is 307 g/mol. The van der Waals surface area contributed by atoms with Crippen molar-refractivity contribution in [3.05, 3.63) is 40.4 Å². The van der Waals surface area contributed by atoms with Gasteiger partial charge in [-0.2, -0.15) is 5.10 Å². The van der Waals surface area contributed by atoms with E-state index in [9.17, 15) is 4.79 Å². The average Bonchev–Trinajstić information content (AvgIpc) is 2.80. The molecule has 0 radical (unpaired) electrons. The first-order valence-electron chi connectivity index (χ1n) is 6.56. The Bertz CT molecular complexity index is 644. The Morgan fingerprint density at radius 2 is 2.14 bits per heavy atom. The molecule has 0 fully saturated rings. The number of pyridine rings is 1. The van der Waals surface area contributed by atoms with Gasteiger partial charge in [-0.1, -0.05) is 11.6 Å². The maximum atomic E-state index is 12.1. The highest BCUT2D eigenvalue weighted by Crippen LogP contribution is 2.24. The molecule has 2 rings (SSSR count). The van der Waals surface area contributed by atoms with Crippen LogP contribution in [-0.2, 0) is 7.05 Å². The molecule has 2 N–H and O–H groups in total. The van der Waals surface area contributed by atoms with Crippen LogP contribution in [0.5, 0.6) is 0 Å². The lowest BCUT2D eigenvalue weighted by atomic mass is 10.2. The Morgan fingerprint density at radius 1 is 1.43 bits per heavy atom. The molecule has 1 atom stereocenters. The number of hydrogen-bond donors (Lipinski definition) is 2. The third-order valence-electron chi connectivity index (χ3n) is 3.11. The standard InChI is InChI=1S/C14H18ClN5O/c1-8-5-9(2)17-13(15)12(8)19-14(21)18-10(3)11-6-16-20(4)7-11/h5-7,10H,1-4H3,(H2,18,19,21). The van der Waals surface area contributed by atoms with E-state index in [1.54, 1.807) is 10.9 Å². The van der Waals surface area contributed by atoms with Crippen LogP contribution in [0, 0.1) is 13.8 Å². The number of nitrogens with zero attached hydrogens (tertiary/aromatic N) is 3. The van der Waals surface area contributed by atoms with Crippen LogP contribution < -0.4 is 10.6 Å². The number of nitrogens with one attached hydrogen (secondary N) is 2. The largest absolute Gasteiger partial charge is 0.331 e. The van der Waals surface area contributed by atoms with Gasteiger partial charge in [0.1, 0.15) is 0 Å². The first-order chi connectivity index (χ1) is 9.86. The second kappa shape index (κ2) is 6.13. The van der Waals surface area contributed by atoms with Crippen LogP contribution in [0.2, 0.25) is 5.15 Å². The van der Waals surface area contributed by atoms with Crippen molar-refractivity contribution in [1.29, 1.82) is 0 Å². The summed E-state index contributed by atoms with van der Waals surface area (Å²) in [6.45, 7) is 5.62. The lowest BCUT2D eigenvalue weighted by Crippen LogP contribution is -2.31. The maximum absolute atomic E-state index is 12.1. The summed E-state index contributed by atoms with van der Waals surface area (Å²) in [7, 11) is 1.83. The lowest BCUT2D eigenvalue weighted by Gasteiger charge is -2.15. The molecule has 0 aliphatic heterocycles. The molecule has 2 aromatic rings. The minimum absolute atomic E-state index is 0.156. The van der Waals surface area contributed by atoms with E-state index < -0.39 is 0 Å². The minimum Gasteiger partial charge on any atom is -0.331 e. The number of urea groups is 1. The number of hydrogen-bond acceptors (Lipinski definition) is 3. The van der Waals surface area contributed by atoms with Gasteiger partial charge in [0.05, 0.1) is 17.9 Å². The van der Waals surface area contributed by atoms with Crippen molar-refractivity contribution < 1.29 is 4.79 Å². The van der Waals surface area contributed by atoms with Gasteiger partial charge in [0.2, 0.25) is 0 Å². The Balaban J connectivity index is 2.05. The summed E-state index contributed by atoms with van der Waals surface area (Å²) in [5, 5.41) is 9.95. The zero-order valence-electron chi connectivity index (χ0n) is 12.4. The number of carbonyl (C=O) groups excluding carboxylic acids is 1. The minimum atomic E-state index is -0.331. The van der Waals surface area contributed by atoms with Crippen LogP contribution in [0.4, 0.5) is 10.5 Å². The molecule has 7 heteroatoms. The van der Waals surface area contributed by atoms with Gasteiger partial charge < -0.3 is 10.6 Å². The molecular formula is C14H18ClN5O. The fraction of sp³-hybridized carbons (Fsp3) is 0.357. The normalized spacial score (nSPS) is 12.0. The van der Waals surface area contributed by atoms with Crippen molar-refractivity contribution >= 4 is 23.3 Å². The van der Waals surface area contributed by atoms with Gasteiger partial charge in [0, 0.05) is 24.5 Å². The summed E-state index contributed by atoms with van der Waals surface area (Å²) in [5.74, 6) is 0. The number of aromatic nitrogens is 3. The number of amides is 2. The molecule has 0 aromatic carbocycles. The van der Waals surface area contributed by atoms with Crippen LogP contribution in [0.15, 0.2) is 18.5 Å². The molecule has 1 unspecified atom stereocenters.